The van der Waals surface area contributed by atoms with E-state index in [2.05, 4.69) is 15.3 Å². The zero-order chi connectivity index (χ0) is 11.1. The predicted octanol–water partition coefficient (Wildman–Crippen LogP) is 1.06. The van der Waals surface area contributed by atoms with Gasteiger partial charge in [0.25, 0.3) is 0 Å². The van der Waals surface area contributed by atoms with Gasteiger partial charge in [-0.15, -0.1) is 0 Å². The highest BCUT2D eigenvalue weighted by Gasteiger charge is 2.03. The van der Waals surface area contributed by atoms with E-state index in [9.17, 15) is 0 Å². The summed E-state index contributed by atoms with van der Waals surface area (Å²) >= 11 is 1.53. The Hall–Kier alpha value is -0.650. The summed E-state index contributed by atoms with van der Waals surface area (Å²) in [6, 6.07) is 0.158. The van der Waals surface area contributed by atoms with Gasteiger partial charge in [-0.05, 0) is 12.7 Å². The quantitative estimate of drug-likeness (QED) is 0.562. The van der Waals surface area contributed by atoms with Crippen molar-refractivity contribution in [3.05, 3.63) is 18.0 Å². The number of aromatic nitrogens is 2. The minimum absolute atomic E-state index is 0.158. The number of aliphatic hydroxyl groups excluding tert-OH is 1. The average Bonchev–Trinajstić information content (AvgIpc) is 2.31. The van der Waals surface area contributed by atoms with Crippen molar-refractivity contribution < 1.29 is 5.11 Å². The van der Waals surface area contributed by atoms with Crippen molar-refractivity contribution in [2.24, 2.45) is 0 Å². The maximum absolute atomic E-state index is 8.99. The van der Waals surface area contributed by atoms with E-state index in [1.54, 1.807) is 0 Å². The number of hydrogen-bond donors (Lipinski definition) is 2. The van der Waals surface area contributed by atoms with Crippen molar-refractivity contribution in [3.63, 3.8) is 0 Å². The minimum Gasteiger partial charge on any atom is -0.395 e. The van der Waals surface area contributed by atoms with Crippen molar-refractivity contribution in [3.8, 4) is 0 Å². The Bertz CT molecular complexity index is 275. The molecule has 1 aromatic rings. The second-order valence-electron chi connectivity index (χ2n) is 3.25. The fraction of sp³-hybridized carbons (Fsp3) is 0.600. The fourth-order valence-electron chi connectivity index (χ4n) is 1.14. The monoisotopic (exact) mass is 227 g/mol. The summed E-state index contributed by atoms with van der Waals surface area (Å²) in [7, 11) is 0. The number of nitrogens with one attached hydrogen (secondary N) is 1. The van der Waals surface area contributed by atoms with Crippen LogP contribution in [-0.2, 0) is 6.54 Å². The first-order valence-corrected chi connectivity index (χ1v) is 6.21. The van der Waals surface area contributed by atoms with Crippen LogP contribution >= 0.6 is 11.8 Å². The van der Waals surface area contributed by atoms with Gasteiger partial charge in [0.15, 0.2) is 5.16 Å². The van der Waals surface area contributed by atoms with Crippen molar-refractivity contribution in [1.29, 1.82) is 0 Å². The summed E-state index contributed by atoms with van der Waals surface area (Å²) in [5.74, 6) is 0. The van der Waals surface area contributed by atoms with Gasteiger partial charge in [0.05, 0.1) is 6.61 Å². The second-order valence-corrected chi connectivity index (χ2v) is 4.02. The maximum atomic E-state index is 8.99. The number of aliphatic hydroxyl groups is 1. The molecule has 1 heterocycles. The number of thioether (sulfide) groups is 1. The molecule has 0 radical (unpaired) electrons. The highest BCUT2D eigenvalue weighted by Crippen LogP contribution is 2.06. The third kappa shape index (κ3) is 4.15. The van der Waals surface area contributed by atoms with Gasteiger partial charge in [-0.25, -0.2) is 9.97 Å². The highest BCUT2D eigenvalue weighted by molar-refractivity contribution is 7.98. The Morgan fingerprint density at radius 3 is 2.60 bits per heavy atom. The standard InChI is InChI=1S/C10H17N3OS/c1-3-9(7-14)11-4-8-5-12-10(15-2)13-6-8/h5-6,9,11,14H,3-4,7H2,1-2H3. The van der Waals surface area contributed by atoms with E-state index in [0.29, 0.717) is 6.54 Å². The predicted molar refractivity (Wildman–Crippen MR) is 61.8 cm³/mol. The molecular formula is C10H17N3OS. The van der Waals surface area contributed by atoms with E-state index in [4.69, 9.17) is 5.11 Å². The number of nitrogens with zero attached hydrogens (tertiary/aromatic N) is 2. The molecule has 2 N–H and O–H groups in total. The van der Waals surface area contributed by atoms with Gasteiger partial charge in [0.1, 0.15) is 0 Å². The molecule has 4 nitrogen and oxygen atoms in total. The van der Waals surface area contributed by atoms with E-state index in [-0.39, 0.29) is 12.6 Å². The van der Waals surface area contributed by atoms with Crippen LogP contribution in [0.2, 0.25) is 0 Å². The summed E-state index contributed by atoms with van der Waals surface area (Å²) in [5, 5.41) is 13.0. The summed E-state index contributed by atoms with van der Waals surface area (Å²) in [6.07, 6.45) is 6.50. The molecule has 5 heteroatoms. The highest BCUT2D eigenvalue weighted by atomic mass is 32.2. The smallest absolute Gasteiger partial charge is 0.187 e. The molecule has 0 amide bonds. The summed E-state index contributed by atoms with van der Waals surface area (Å²) in [5.41, 5.74) is 1.04. The van der Waals surface area contributed by atoms with Gasteiger partial charge < -0.3 is 10.4 Å². The van der Waals surface area contributed by atoms with E-state index in [0.717, 1.165) is 17.1 Å². The number of rotatable bonds is 6. The Morgan fingerprint density at radius 2 is 2.13 bits per heavy atom. The van der Waals surface area contributed by atoms with Crippen LogP contribution in [0.5, 0.6) is 0 Å². The third-order valence-electron chi connectivity index (χ3n) is 2.17. The lowest BCUT2D eigenvalue weighted by molar-refractivity contribution is 0.238. The fourth-order valence-corrected chi connectivity index (χ4v) is 1.46. The lowest BCUT2D eigenvalue weighted by Gasteiger charge is -2.13. The zero-order valence-electron chi connectivity index (χ0n) is 9.10. The van der Waals surface area contributed by atoms with Crippen LogP contribution in [-0.4, -0.2) is 34.0 Å². The zero-order valence-corrected chi connectivity index (χ0v) is 9.92. The molecule has 84 valence electrons. The molecule has 1 aromatic heterocycles. The van der Waals surface area contributed by atoms with Gasteiger partial charge >= 0.3 is 0 Å². The van der Waals surface area contributed by atoms with Crippen molar-refractivity contribution in [2.75, 3.05) is 12.9 Å². The molecule has 0 aliphatic heterocycles. The molecule has 0 fully saturated rings. The van der Waals surface area contributed by atoms with Crippen LogP contribution in [0.3, 0.4) is 0 Å². The topological polar surface area (TPSA) is 58.0 Å². The van der Waals surface area contributed by atoms with Gasteiger partial charge in [-0.3, -0.25) is 0 Å². The molecule has 1 atom stereocenters. The Morgan fingerprint density at radius 1 is 1.47 bits per heavy atom. The molecule has 0 spiro atoms. The molecule has 0 aliphatic rings. The third-order valence-corrected chi connectivity index (χ3v) is 2.75. The van der Waals surface area contributed by atoms with E-state index < -0.39 is 0 Å². The maximum Gasteiger partial charge on any atom is 0.187 e. The lowest BCUT2D eigenvalue weighted by Crippen LogP contribution is -2.31. The van der Waals surface area contributed by atoms with Gasteiger partial charge in [0, 0.05) is 30.5 Å². The summed E-state index contributed by atoms with van der Waals surface area (Å²) < 4.78 is 0. The SMILES string of the molecule is CCC(CO)NCc1cnc(SC)nc1. The van der Waals surface area contributed by atoms with Gasteiger partial charge in [0.2, 0.25) is 0 Å². The van der Waals surface area contributed by atoms with Crippen LogP contribution < -0.4 is 5.32 Å². The molecule has 1 unspecified atom stereocenters. The van der Waals surface area contributed by atoms with Crippen LogP contribution in [0.15, 0.2) is 17.6 Å². The van der Waals surface area contributed by atoms with Crippen molar-refractivity contribution >= 4 is 11.8 Å². The molecular weight excluding hydrogens is 210 g/mol. The van der Waals surface area contributed by atoms with Crippen molar-refractivity contribution in [2.45, 2.75) is 31.1 Å². The molecule has 0 saturated carbocycles. The number of hydrogen-bond acceptors (Lipinski definition) is 5. The van der Waals surface area contributed by atoms with Crippen LogP contribution in [0.25, 0.3) is 0 Å². The summed E-state index contributed by atoms with van der Waals surface area (Å²) in [4.78, 5) is 8.35. The largest absolute Gasteiger partial charge is 0.395 e. The van der Waals surface area contributed by atoms with Gasteiger partial charge in [-0.1, -0.05) is 18.7 Å². The van der Waals surface area contributed by atoms with Gasteiger partial charge in [-0.2, -0.15) is 0 Å². The lowest BCUT2D eigenvalue weighted by atomic mass is 10.2. The first kappa shape index (κ1) is 12.4. The Labute approximate surface area is 94.5 Å². The van der Waals surface area contributed by atoms with Crippen LogP contribution in [0, 0.1) is 0 Å². The minimum atomic E-state index is 0.158. The first-order chi connectivity index (χ1) is 7.30. The van der Waals surface area contributed by atoms with Crippen LogP contribution in [0.1, 0.15) is 18.9 Å². The van der Waals surface area contributed by atoms with Crippen LogP contribution in [0.4, 0.5) is 0 Å². The molecule has 15 heavy (non-hydrogen) atoms. The van der Waals surface area contributed by atoms with E-state index in [1.165, 1.54) is 11.8 Å². The first-order valence-electron chi connectivity index (χ1n) is 4.99. The normalized spacial score (nSPS) is 12.7. The van der Waals surface area contributed by atoms with E-state index >= 15 is 0 Å². The Kier molecular flexibility index (Phi) is 5.60. The molecule has 0 aliphatic carbocycles. The molecule has 1 rings (SSSR count). The molecule has 0 bridgehead atoms. The molecule has 0 aromatic carbocycles. The van der Waals surface area contributed by atoms with Crippen molar-refractivity contribution in [1.82, 2.24) is 15.3 Å². The average molecular weight is 227 g/mol. The molecule has 0 saturated heterocycles. The Balaban J connectivity index is 2.43. The second kappa shape index (κ2) is 6.76. The van der Waals surface area contributed by atoms with E-state index in [1.807, 2.05) is 25.6 Å². The summed E-state index contributed by atoms with van der Waals surface area (Å²) in [6.45, 7) is 2.91.